The minimum atomic E-state index is -0.691. The fraction of sp³-hybridized carbons (Fsp3) is 0.217. The van der Waals surface area contributed by atoms with Crippen LogP contribution in [0.15, 0.2) is 67.0 Å². The van der Waals surface area contributed by atoms with Gasteiger partial charge in [-0.3, -0.25) is 9.78 Å². The fourth-order valence-corrected chi connectivity index (χ4v) is 3.69. The minimum absolute atomic E-state index is 0.0709. The van der Waals surface area contributed by atoms with E-state index < -0.39 is 11.8 Å². The monoisotopic (exact) mass is 416 g/mol. The number of nitrogens with one attached hydrogen (secondary N) is 2. The summed E-state index contributed by atoms with van der Waals surface area (Å²) in [5.41, 5.74) is 8.90. The second-order valence-corrected chi connectivity index (χ2v) is 7.27. The molecule has 1 unspecified atom stereocenters. The summed E-state index contributed by atoms with van der Waals surface area (Å²) in [7, 11) is 0. The van der Waals surface area contributed by atoms with Gasteiger partial charge < -0.3 is 21.3 Å². The molecule has 4 N–H and O–H groups in total. The average molecular weight is 416 g/mol. The molecule has 0 radical (unpaired) electrons. The number of amides is 3. The molecule has 0 spiro atoms. The van der Waals surface area contributed by atoms with E-state index in [0.717, 1.165) is 11.3 Å². The highest BCUT2D eigenvalue weighted by Crippen LogP contribution is 2.31. The molecule has 4 rings (SSSR count). The first-order chi connectivity index (χ1) is 15.1. The number of primary amides is 1. The standard InChI is InChI=1S/C23H24N6O2/c24-21(30)20(17-7-4-10-25-15-17)18-8-9-19(16-5-2-1-3-6-16)28-22(18)26-11-13-29-14-12-27-23(29)31/h1-10,15,20H,11-14H2,(H2,24,30)(H,26,28)(H,27,31). The Balaban J connectivity index is 1.67. The van der Waals surface area contributed by atoms with Crippen LogP contribution in [-0.2, 0) is 4.79 Å². The highest BCUT2D eigenvalue weighted by atomic mass is 16.2. The van der Waals surface area contributed by atoms with Crippen LogP contribution in [0.1, 0.15) is 17.0 Å². The highest BCUT2D eigenvalue weighted by Gasteiger charge is 2.25. The summed E-state index contributed by atoms with van der Waals surface area (Å²) in [5, 5.41) is 6.11. The van der Waals surface area contributed by atoms with Crippen molar-refractivity contribution in [3.05, 3.63) is 78.1 Å². The number of benzene rings is 1. The lowest BCUT2D eigenvalue weighted by molar-refractivity contribution is -0.118. The largest absolute Gasteiger partial charge is 0.369 e. The van der Waals surface area contributed by atoms with Crippen molar-refractivity contribution in [2.45, 2.75) is 5.92 Å². The lowest BCUT2D eigenvalue weighted by atomic mass is 9.91. The number of nitrogens with zero attached hydrogens (tertiary/aromatic N) is 3. The zero-order chi connectivity index (χ0) is 21.6. The lowest BCUT2D eigenvalue weighted by Crippen LogP contribution is -2.32. The van der Waals surface area contributed by atoms with Crippen molar-refractivity contribution >= 4 is 17.8 Å². The molecule has 158 valence electrons. The number of carbonyl (C=O) groups excluding carboxylic acids is 2. The van der Waals surface area contributed by atoms with Gasteiger partial charge in [-0.05, 0) is 17.7 Å². The lowest BCUT2D eigenvalue weighted by Gasteiger charge is -2.20. The Labute approximate surface area is 180 Å². The molecule has 3 heterocycles. The van der Waals surface area contributed by atoms with Crippen molar-refractivity contribution in [2.24, 2.45) is 5.73 Å². The fourth-order valence-electron chi connectivity index (χ4n) is 3.69. The van der Waals surface area contributed by atoms with E-state index in [4.69, 9.17) is 10.7 Å². The highest BCUT2D eigenvalue weighted by molar-refractivity contribution is 5.87. The van der Waals surface area contributed by atoms with E-state index in [9.17, 15) is 9.59 Å². The third kappa shape index (κ3) is 4.63. The Morgan fingerprint density at radius 1 is 1.16 bits per heavy atom. The summed E-state index contributed by atoms with van der Waals surface area (Å²) in [6.07, 6.45) is 3.29. The Bertz CT molecular complexity index is 1060. The van der Waals surface area contributed by atoms with Gasteiger partial charge in [0.2, 0.25) is 5.91 Å². The van der Waals surface area contributed by atoms with Gasteiger partial charge in [0.1, 0.15) is 5.82 Å². The summed E-state index contributed by atoms with van der Waals surface area (Å²) in [4.78, 5) is 34.9. The van der Waals surface area contributed by atoms with Crippen LogP contribution in [0.4, 0.5) is 10.6 Å². The summed E-state index contributed by atoms with van der Waals surface area (Å²) in [5.74, 6) is -0.610. The quantitative estimate of drug-likeness (QED) is 0.521. The molecule has 3 aromatic rings. The number of nitrogens with two attached hydrogens (primary N) is 1. The Morgan fingerprint density at radius 3 is 2.68 bits per heavy atom. The predicted molar refractivity (Wildman–Crippen MR) is 118 cm³/mol. The molecule has 8 heteroatoms. The summed E-state index contributed by atoms with van der Waals surface area (Å²) < 4.78 is 0. The molecule has 1 aliphatic rings. The van der Waals surface area contributed by atoms with Crippen LogP contribution in [-0.4, -0.2) is 53.0 Å². The maximum Gasteiger partial charge on any atom is 0.317 e. The molecule has 31 heavy (non-hydrogen) atoms. The smallest absolute Gasteiger partial charge is 0.317 e. The van der Waals surface area contributed by atoms with E-state index in [0.29, 0.717) is 43.1 Å². The van der Waals surface area contributed by atoms with Gasteiger partial charge >= 0.3 is 6.03 Å². The molecule has 0 bridgehead atoms. The van der Waals surface area contributed by atoms with Crippen molar-refractivity contribution < 1.29 is 9.59 Å². The van der Waals surface area contributed by atoms with E-state index in [2.05, 4.69) is 15.6 Å². The molecule has 1 aromatic carbocycles. The van der Waals surface area contributed by atoms with Gasteiger partial charge in [-0.15, -0.1) is 0 Å². The molecular formula is C23H24N6O2. The first-order valence-corrected chi connectivity index (χ1v) is 10.2. The van der Waals surface area contributed by atoms with E-state index >= 15 is 0 Å². The van der Waals surface area contributed by atoms with Crippen LogP contribution in [0, 0.1) is 0 Å². The maximum atomic E-state index is 12.4. The summed E-state index contributed by atoms with van der Waals surface area (Å²) in [6, 6.07) is 17.1. The number of hydrogen-bond donors (Lipinski definition) is 3. The molecule has 2 aromatic heterocycles. The van der Waals surface area contributed by atoms with Gasteiger partial charge in [0, 0.05) is 49.7 Å². The van der Waals surface area contributed by atoms with E-state index in [1.54, 1.807) is 23.4 Å². The van der Waals surface area contributed by atoms with Crippen LogP contribution >= 0.6 is 0 Å². The van der Waals surface area contributed by atoms with Crippen molar-refractivity contribution in [2.75, 3.05) is 31.5 Å². The van der Waals surface area contributed by atoms with Crippen molar-refractivity contribution in [3.63, 3.8) is 0 Å². The van der Waals surface area contributed by atoms with Crippen molar-refractivity contribution in [3.8, 4) is 11.3 Å². The van der Waals surface area contributed by atoms with Crippen LogP contribution in [0.25, 0.3) is 11.3 Å². The molecule has 1 atom stereocenters. The van der Waals surface area contributed by atoms with Crippen LogP contribution in [0.3, 0.4) is 0 Å². The van der Waals surface area contributed by atoms with Crippen LogP contribution < -0.4 is 16.4 Å². The van der Waals surface area contributed by atoms with E-state index in [-0.39, 0.29) is 6.03 Å². The maximum absolute atomic E-state index is 12.4. The Morgan fingerprint density at radius 2 is 2.00 bits per heavy atom. The normalized spacial score (nSPS) is 14.2. The number of rotatable bonds is 8. The summed E-state index contributed by atoms with van der Waals surface area (Å²) in [6.45, 7) is 2.34. The Kier molecular flexibility index (Phi) is 6.07. The van der Waals surface area contributed by atoms with Gasteiger partial charge in [0.15, 0.2) is 0 Å². The van der Waals surface area contributed by atoms with Crippen molar-refractivity contribution in [1.82, 2.24) is 20.2 Å². The average Bonchev–Trinajstić information content (AvgIpc) is 3.20. The number of pyridine rings is 2. The molecular weight excluding hydrogens is 392 g/mol. The molecule has 0 aliphatic carbocycles. The van der Waals surface area contributed by atoms with Gasteiger partial charge in [-0.1, -0.05) is 42.5 Å². The second kappa shape index (κ2) is 9.25. The number of aromatic nitrogens is 2. The zero-order valence-electron chi connectivity index (χ0n) is 17.0. The van der Waals surface area contributed by atoms with Crippen LogP contribution in [0.5, 0.6) is 0 Å². The van der Waals surface area contributed by atoms with Gasteiger partial charge in [-0.25, -0.2) is 9.78 Å². The zero-order valence-corrected chi connectivity index (χ0v) is 17.0. The van der Waals surface area contributed by atoms with Crippen molar-refractivity contribution in [1.29, 1.82) is 0 Å². The molecule has 0 saturated carbocycles. The number of hydrogen-bond acceptors (Lipinski definition) is 5. The number of anilines is 1. The molecule has 8 nitrogen and oxygen atoms in total. The SMILES string of the molecule is NC(=O)C(c1cccnc1)c1ccc(-c2ccccc2)nc1NCCN1CCNC1=O. The second-order valence-electron chi connectivity index (χ2n) is 7.27. The van der Waals surface area contributed by atoms with Gasteiger partial charge in [0.05, 0.1) is 11.6 Å². The minimum Gasteiger partial charge on any atom is -0.369 e. The number of urea groups is 1. The third-order valence-electron chi connectivity index (χ3n) is 5.23. The molecule has 1 fully saturated rings. The Hall–Kier alpha value is -3.94. The van der Waals surface area contributed by atoms with E-state index in [1.807, 2.05) is 48.5 Å². The number of carbonyl (C=O) groups is 2. The van der Waals surface area contributed by atoms with E-state index in [1.165, 1.54) is 0 Å². The molecule has 1 aliphatic heterocycles. The predicted octanol–water partition coefficient (Wildman–Crippen LogP) is 2.20. The molecule has 1 saturated heterocycles. The van der Waals surface area contributed by atoms with Gasteiger partial charge in [-0.2, -0.15) is 0 Å². The summed E-state index contributed by atoms with van der Waals surface area (Å²) >= 11 is 0. The third-order valence-corrected chi connectivity index (χ3v) is 5.23. The van der Waals surface area contributed by atoms with Gasteiger partial charge in [0.25, 0.3) is 0 Å². The topological polar surface area (TPSA) is 113 Å². The van der Waals surface area contributed by atoms with Crippen LogP contribution in [0.2, 0.25) is 0 Å². The first-order valence-electron chi connectivity index (χ1n) is 10.2. The first kappa shape index (κ1) is 20.3. The molecule has 3 amide bonds.